The van der Waals surface area contributed by atoms with Gasteiger partial charge in [0.25, 0.3) is 0 Å². The smallest absolute Gasteiger partial charge is 0.389 e. The van der Waals surface area contributed by atoms with Crippen LogP contribution in [0, 0.1) is 22.7 Å². The monoisotopic (exact) mass is 562 g/mol. The average molecular weight is 563 g/mol. The molecule has 4 fully saturated rings. The minimum absolute atomic E-state index is 0.0667. The molecule has 5 rings (SSSR count). The molecule has 0 aromatic heterocycles. The molecular formula is C28H36F6N2O3. The predicted molar refractivity (Wildman–Crippen MR) is 130 cm³/mol. The molecule has 1 aromatic rings. The third-order valence-electron chi connectivity index (χ3n) is 9.82. The fraction of sp³-hybridized carbons (Fsp3) is 0.750. The number of hydrogen-bond donors (Lipinski definition) is 3. The highest BCUT2D eigenvalue weighted by molar-refractivity contribution is 5.84. The van der Waals surface area contributed by atoms with Crippen LogP contribution < -0.4 is 10.6 Å². The number of fused-ring (bicyclic) bond motifs is 2. The molecule has 4 unspecified atom stereocenters. The largest absolute Gasteiger partial charge is 0.416 e. The van der Waals surface area contributed by atoms with Gasteiger partial charge in [0, 0.05) is 18.6 Å². The number of aliphatic hydroxyl groups is 1. The number of nitrogens with one attached hydrogen (secondary N) is 2. The molecule has 1 heterocycles. The van der Waals surface area contributed by atoms with Crippen LogP contribution in [0.2, 0.25) is 0 Å². The van der Waals surface area contributed by atoms with Gasteiger partial charge in [-0.25, -0.2) is 0 Å². The second-order valence-corrected chi connectivity index (χ2v) is 12.7. The van der Waals surface area contributed by atoms with Crippen LogP contribution in [-0.2, 0) is 28.4 Å². The molecule has 1 amide bonds. The first-order valence-corrected chi connectivity index (χ1v) is 13.7. The van der Waals surface area contributed by atoms with Gasteiger partial charge in [-0.3, -0.25) is 4.79 Å². The van der Waals surface area contributed by atoms with E-state index in [1.165, 1.54) is 6.42 Å². The van der Waals surface area contributed by atoms with E-state index >= 15 is 0 Å². The van der Waals surface area contributed by atoms with Gasteiger partial charge in [-0.05, 0) is 93.4 Å². The molecule has 5 nitrogen and oxygen atoms in total. The summed E-state index contributed by atoms with van der Waals surface area (Å²) in [6.45, 7) is 4.07. The summed E-state index contributed by atoms with van der Waals surface area (Å²) in [6, 6.07) is 1.88. The Bertz CT molecular complexity index is 1050. The van der Waals surface area contributed by atoms with E-state index in [2.05, 4.69) is 10.6 Å². The summed E-state index contributed by atoms with van der Waals surface area (Å²) in [5.41, 5.74) is -5.96. The lowest BCUT2D eigenvalue weighted by Gasteiger charge is -2.43. The van der Waals surface area contributed by atoms with Crippen molar-refractivity contribution in [3.05, 3.63) is 34.9 Å². The number of ether oxygens (including phenoxy) is 1. The van der Waals surface area contributed by atoms with Crippen molar-refractivity contribution < 1.29 is 41.0 Å². The van der Waals surface area contributed by atoms with Gasteiger partial charge in [0.15, 0.2) is 0 Å². The Morgan fingerprint density at radius 2 is 1.59 bits per heavy atom. The molecule has 218 valence electrons. The Morgan fingerprint density at radius 1 is 1.00 bits per heavy atom. The molecule has 1 aromatic carbocycles. The number of benzene rings is 1. The molecule has 1 spiro atoms. The number of alkyl halides is 6. The first-order valence-electron chi connectivity index (χ1n) is 13.7. The van der Waals surface area contributed by atoms with E-state index in [0.717, 1.165) is 32.5 Å². The maximum Gasteiger partial charge on any atom is 0.416 e. The zero-order chi connectivity index (χ0) is 28.4. The highest BCUT2D eigenvalue weighted by Crippen LogP contribution is 2.66. The maximum absolute atomic E-state index is 13.6. The number of hydrogen-bond acceptors (Lipinski definition) is 4. The van der Waals surface area contributed by atoms with Gasteiger partial charge in [0.2, 0.25) is 5.91 Å². The standard InChI is InChI=1S/C28H36F6N2O3/c1-24(2,38)26(23(37)35-12-16-8-19(27(29,30)31)10-20(9-16)28(32,33)34)7-6-25(15-26)11-21(25)36-22-17-4-3-5-18(22)14-39-13-17/h8-10,17-18,21-22,36,38H,3-7,11-15H2,1-2H3,(H,35,37)/t17?,18?,21?,22?,25?,26-/m1/s1. The summed E-state index contributed by atoms with van der Waals surface area (Å²) in [5, 5.41) is 17.6. The van der Waals surface area contributed by atoms with Crippen molar-refractivity contribution in [1.82, 2.24) is 10.6 Å². The van der Waals surface area contributed by atoms with Gasteiger partial charge < -0.3 is 20.5 Å². The Labute approximate surface area is 224 Å². The van der Waals surface area contributed by atoms with Gasteiger partial charge >= 0.3 is 12.4 Å². The fourth-order valence-corrected chi connectivity index (χ4v) is 7.40. The van der Waals surface area contributed by atoms with Crippen LogP contribution >= 0.6 is 0 Å². The van der Waals surface area contributed by atoms with E-state index in [1.54, 1.807) is 13.8 Å². The molecule has 1 aliphatic heterocycles. The van der Waals surface area contributed by atoms with Gasteiger partial charge in [0.1, 0.15) is 0 Å². The molecule has 39 heavy (non-hydrogen) atoms. The second-order valence-electron chi connectivity index (χ2n) is 12.7. The van der Waals surface area contributed by atoms with Crippen molar-refractivity contribution >= 4 is 5.91 Å². The third kappa shape index (κ3) is 5.43. The Morgan fingerprint density at radius 3 is 2.13 bits per heavy atom. The fourth-order valence-electron chi connectivity index (χ4n) is 7.40. The normalized spacial score (nSPS) is 34.8. The van der Waals surface area contributed by atoms with Crippen LogP contribution in [0.3, 0.4) is 0 Å². The first-order chi connectivity index (χ1) is 18.0. The molecular weight excluding hydrogens is 526 g/mol. The van der Waals surface area contributed by atoms with Gasteiger partial charge in [-0.15, -0.1) is 0 Å². The van der Waals surface area contributed by atoms with Crippen LogP contribution in [-0.4, -0.2) is 41.9 Å². The van der Waals surface area contributed by atoms with Crippen molar-refractivity contribution in [2.75, 3.05) is 13.2 Å². The maximum atomic E-state index is 13.6. The molecule has 3 N–H and O–H groups in total. The molecule has 4 aliphatic rings. The van der Waals surface area contributed by atoms with Crippen LogP contribution in [0.4, 0.5) is 26.3 Å². The lowest BCUT2D eigenvalue weighted by Crippen LogP contribution is -2.54. The van der Waals surface area contributed by atoms with Crippen molar-refractivity contribution in [3.8, 4) is 0 Å². The third-order valence-corrected chi connectivity index (χ3v) is 9.82. The zero-order valence-electron chi connectivity index (χ0n) is 22.1. The Kier molecular flexibility index (Phi) is 7.07. The van der Waals surface area contributed by atoms with Gasteiger partial charge in [0.05, 0.1) is 35.4 Å². The summed E-state index contributed by atoms with van der Waals surface area (Å²) < 4.78 is 85.4. The van der Waals surface area contributed by atoms with Crippen molar-refractivity contribution in [3.63, 3.8) is 0 Å². The number of halogens is 6. The van der Waals surface area contributed by atoms with Crippen LogP contribution in [0.25, 0.3) is 0 Å². The minimum Gasteiger partial charge on any atom is -0.389 e. The van der Waals surface area contributed by atoms with Gasteiger partial charge in [-0.1, -0.05) is 6.42 Å². The summed E-state index contributed by atoms with van der Waals surface area (Å²) in [4.78, 5) is 13.6. The quantitative estimate of drug-likeness (QED) is 0.404. The Hall–Kier alpha value is -1.85. The van der Waals surface area contributed by atoms with Crippen molar-refractivity contribution in [1.29, 1.82) is 0 Å². The van der Waals surface area contributed by atoms with Gasteiger partial charge in [-0.2, -0.15) is 26.3 Å². The topological polar surface area (TPSA) is 70.6 Å². The molecule has 3 aliphatic carbocycles. The highest BCUT2D eigenvalue weighted by Gasteiger charge is 2.67. The van der Waals surface area contributed by atoms with E-state index in [-0.39, 0.29) is 23.1 Å². The number of carbonyl (C=O) groups is 1. The van der Waals surface area contributed by atoms with Crippen LogP contribution in [0.15, 0.2) is 18.2 Å². The summed E-state index contributed by atoms with van der Waals surface area (Å²) in [7, 11) is 0. The lowest BCUT2D eigenvalue weighted by atomic mass is 9.70. The predicted octanol–water partition coefficient (Wildman–Crippen LogP) is 5.45. The summed E-state index contributed by atoms with van der Waals surface area (Å²) in [5.74, 6) is 0.382. The highest BCUT2D eigenvalue weighted by atomic mass is 19.4. The van der Waals surface area contributed by atoms with Crippen LogP contribution in [0.1, 0.15) is 75.5 Å². The first kappa shape index (κ1) is 28.7. The molecule has 2 bridgehead atoms. The summed E-state index contributed by atoms with van der Waals surface area (Å²) >= 11 is 0. The van der Waals surface area contributed by atoms with Crippen molar-refractivity contribution in [2.24, 2.45) is 22.7 Å². The Balaban J connectivity index is 1.30. The minimum atomic E-state index is -4.97. The van der Waals surface area contributed by atoms with Crippen molar-refractivity contribution in [2.45, 2.75) is 95.4 Å². The summed E-state index contributed by atoms with van der Waals surface area (Å²) in [6.07, 6.45) is -4.12. The average Bonchev–Trinajstić information content (AvgIpc) is 3.30. The molecule has 0 radical (unpaired) electrons. The van der Waals surface area contributed by atoms with Crippen LogP contribution in [0.5, 0.6) is 0 Å². The van der Waals surface area contributed by atoms with E-state index in [9.17, 15) is 36.2 Å². The number of rotatable bonds is 6. The zero-order valence-corrected chi connectivity index (χ0v) is 22.1. The van der Waals surface area contributed by atoms with E-state index in [0.29, 0.717) is 49.3 Å². The number of amides is 1. The molecule has 1 saturated heterocycles. The van der Waals surface area contributed by atoms with E-state index in [1.807, 2.05) is 0 Å². The van der Waals surface area contributed by atoms with E-state index in [4.69, 9.17) is 4.74 Å². The lowest BCUT2D eigenvalue weighted by molar-refractivity contribution is -0.147. The molecule has 3 saturated carbocycles. The SMILES string of the molecule is CC(C)(O)[C@]1(C(=O)NCc2cc(C(F)(F)F)cc(C(F)(F)F)c2)CCC2(CC2NC2C3CCCC2COC3)C1. The van der Waals surface area contributed by atoms with E-state index < -0.39 is 46.9 Å². The molecule has 5 atom stereocenters. The second kappa shape index (κ2) is 9.62. The molecule has 11 heteroatoms. The number of carbonyl (C=O) groups excluding carboxylic acids is 1.